The molecule has 0 saturated carbocycles. The lowest BCUT2D eigenvalue weighted by molar-refractivity contribution is 0.115. The van der Waals surface area contributed by atoms with Gasteiger partial charge in [0.05, 0.1) is 17.7 Å². The van der Waals surface area contributed by atoms with Crippen molar-refractivity contribution in [1.82, 2.24) is 5.32 Å². The SMILES string of the molecule is COC(C)CNC(C)c1ccc(C#N)cc1. The van der Waals surface area contributed by atoms with E-state index in [9.17, 15) is 0 Å². The highest BCUT2D eigenvalue weighted by Gasteiger charge is 2.06. The number of hydrogen-bond donors (Lipinski definition) is 1. The quantitative estimate of drug-likeness (QED) is 0.824. The summed E-state index contributed by atoms with van der Waals surface area (Å²) < 4.78 is 5.17. The van der Waals surface area contributed by atoms with Gasteiger partial charge in [-0.05, 0) is 31.5 Å². The molecule has 2 unspecified atom stereocenters. The van der Waals surface area contributed by atoms with E-state index in [1.807, 2.05) is 31.2 Å². The van der Waals surface area contributed by atoms with Crippen LogP contribution in [-0.4, -0.2) is 19.8 Å². The molecule has 0 aromatic heterocycles. The first-order chi connectivity index (χ1) is 7.67. The first-order valence-electron chi connectivity index (χ1n) is 5.43. The standard InChI is InChI=1S/C13H18N2O/c1-10(16-3)9-15-11(2)13-6-4-12(8-14)5-7-13/h4-7,10-11,15H,9H2,1-3H3. The summed E-state index contributed by atoms with van der Waals surface area (Å²) in [6.07, 6.45) is 0.209. The Morgan fingerprint density at radius 2 is 1.94 bits per heavy atom. The zero-order valence-corrected chi connectivity index (χ0v) is 10.0. The van der Waals surface area contributed by atoms with Gasteiger partial charge in [0.25, 0.3) is 0 Å². The van der Waals surface area contributed by atoms with Gasteiger partial charge in [0.2, 0.25) is 0 Å². The third-order valence-electron chi connectivity index (χ3n) is 2.65. The molecule has 0 aliphatic carbocycles. The minimum absolute atomic E-state index is 0.209. The maximum Gasteiger partial charge on any atom is 0.0991 e. The lowest BCUT2D eigenvalue weighted by Gasteiger charge is -2.17. The van der Waals surface area contributed by atoms with Crippen LogP contribution < -0.4 is 5.32 Å². The largest absolute Gasteiger partial charge is 0.380 e. The van der Waals surface area contributed by atoms with E-state index in [1.165, 1.54) is 5.56 Å². The molecule has 1 aromatic carbocycles. The van der Waals surface area contributed by atoms with E-state index < -0.39 is 0 Å². The summed E-state index contributed by atoms with van der Waals surface area (Å²) in [4.78, 5) is 0. The van der Waals surface area contributed by atoms with Crippen molar-refractivity contribution in [1.29, 1.82) is 5.26 Å². The van der Waals surface area contributed by atoms with Crippen LogP contribution in [-0.2, 0) is 4.74 Å². The summed E-state index contributed by atoms with van der Waals surface area (Å²) in [6, 6.07) is 10.0. The Kier molecular flexibility index (Phi) is 4.97. The zero-order valence-electron chi connectivity index (χ0n) is 10.0. The molecule has 0 bridgehead atoms. The van der Waals surface area contributed by atoms with Crippen molar-refractivity contribution >= 4 is 0 Å². The summed E-state index contributed by atoms with van der Waals surface area (Å²) >= 11 is 0. The van der Waals surface area contributed by atoms with Gasteiger partial charge < -0.3 is 10.1 Å². The Hall–Kier alpha value is -1.37. The molecule has 1 rings (SSSR count). The van der Waals surface area contributed by atoms with E-state index in [0.29, 0.717) is 5.56 Å². The van der Waals surface area contributed by atoms with Crippen molar-refractivity contribution < 1.29 is 4.74 Å². The number of benzene rings is 1. The summed E-state index contributed by atoms with van der Waals surface area (Å²) in [6.45, 7) is 4.94. The number of rotatable bonds is 5. The molecule has 0 spiro atoms. The molecule has 3 nitrogen and oxygen atoms in total. The highest BCUT2D eigenvalue weighted by molar-refractivity contribution is 5.32. The van der Waals surface area contributed by atoms with Crippen LogP contribution in [0.15, 0.2) is 24.3 Å². The lowest BCUT2D eigenvalue weighted by Crippen LogP contribution is -2.28. The monoisotopic (exact) mass is 218 g/mol. The topological polar surface area (TPSA) is 45.0 Å². The molecule has 1 N–H and O–H groups in total. The lowest BCUT2D eigenvalue weighted by atomic mass is 10.1. The van der Waals surface area contributed by atoms with E-state index in [1.54, 1.807) is 7.11 Å². The van der Waals surface area contributed by atoms with Gasteiger partial charge in [-0.1, -0.05) is 12.1 Å². The highest BCUT2D eigenvalue weighted by atomic mass is 16.5. The predicted octanol–water partition coefficient (Wildman–Crippen LogP) is 2.24. The summed E-state index contributed by atoms with van der Waals surface area (Å²) in [7, 11) is 1.71. The molecule has 0 radical (unpaired) electrons. The Labute approximate surface area is 97.0 Å². The molecule has 0 aliphatic heterocycles. The van der Waals surface area contributed by atoms with Gasteiger partial charge in [-0.3, -0.25) is 0 Å². The fraction of sp³-hybridized carbons (Fsp3) is 0.462. The van der Waals surface area contributed by atoms with Gasteiger partial charge in [0.1, 0.15) is 0 Å². The van der Waals surface area contributed by atoms with Gasteiger partial charge in [0, 0.05) is 19.7 Å². The minimum atomic E-state index is 0.209. The van der Waals surface area contributed by atoms with E-state index in [2.05, 4.69) is 18.3 Å². The van der Waals surface area contributed by atoms with Crippen molar-refractivity contribution in [2.45, 2.75) is 26.0 Å². The Morgan fingerprint density at radius 3 is 2.44 bits per heavy atom. The molecule has 0 saturated heterocycles. The van der Waals surface area contributed by atoms with Crippen LogP contribution in [0, 0.1) is 11.3 Å². The molecule has 16 heavy (non-hydrogen) atoms. The van der Waals surface area contributed by atoms with Gasteiger partial charge in [-0.25, -0.2) is 0 Å². The molecule has 1 aromatic rings. The molecular weight excluding hydrogens is 200 g/mol. The number of nitrogens with one attached hydrogen (secondary N) is 1. The van der Waals surface area contributed by atoms with Gasteiger partial charge in [-0.15, -0.1) is 0 Å². The molecule has 3 heteroatoms. The Balaban J connectivity index is 2.53. The molecular formula is C13H18N2O. The fourth-order valence-corrected chi connectivity index (χ4v) is 1.39. The molecule has 2 atom stereocenters. The molecule has 0 amide bonds. The third kappa shape index (κ3) is 3.65. The average molecular weight is 218 g/mol. The molecule has 0 aliphatic rings. The number of methoxy groups -OCH3 is 1. The molecule has 0 heterocycles. The maximum atomic E-state index is 8.69. The first kappa shape index (κ1) is 12.7. The van der Waals surface area contributed by atoms with Gasteiger partial charge in [-0.2, -0.15) is 5.26 Å². The van der Waals surface area contributed by atoms with Crippen LogP contribution in [0.2, 0.25) is 0 Å². The van der Waals surface area contributed by atoms with Crippen LogP contribution >= 0.6 is 0 Å². The third-order valence-corrected chi connectivity index (χ3v) is 2.65. The van der Waals surface area contributed by atoms with Crippen LogP contribution in [0.25, 0.3) is 0 Å². The second-order valence-electron chi connectivity index (χ2n) is 3.91. The fourth-order valence-electron chi connectivity index (χ4n) is 1.39. The second kappa shape index (κ2) is 6.26. The van der Waals surface area contributed by atoms with Crippen molar-refractivity contribution in [2.75, 3.05) is 13.7 Å². The van der Waals surface area contributed by atoms with E-state index in [4.69, 9.17) is 10.00 Å². The van der Waals surface area contributed by atoms with Crippen LogP contribution in [0.3, 0.4) is 0 Å². The zero-order chi connectivity index (χ0) is 12.0. The van der Waals surface area contributed by atoms with Gasteiger partial charge in [0.15, 0.2) is 0 Å². The Bertz CT molecular complexity index is 353. The number of nitrogens with zero attached hydrogens (tertiary/aromatic N) is 1. The van der Waals surface area contributed by atoms with Crippen LogP contribution in [0.4, 0.5) is 0 Å². The van der Waals surface area contributed by atoms with Crippen molar-refractivity contribution in [3.05, 3.63) is 35.4 Å². The maximum absolute atomic E-state index is 8.69. The van der Waals surface area contributed by atoms with Crippen LogP contribution in [0.1, 0.15) is 31.0 Å². The number of nitriles is 1. The summed E-state index contributed by atoms with van der Waals surface area (Å²) in [5.74, 6) is 0. The smallest absolute Gasteiger partial charge is 0.0991 e. The van der Waals surface area contributed by atoms with Crippen molar-refractivity contribution in [2.24, 2.45) is 0 Å². The van der Waals surface area contributed by atoms with E-state index >= 15 is 0 Å². The van der Waals surface area contributed by atoms with Crippen molar-refractivity contribution in [3.8, 4) is 6.07 Å². The van der Waals surface area contributed by atoms with E-state index in [-0.39, 0.29) is 12.1 Å². The Morgan fingerprint density at radius 1 is 1.31 bits per heavy atom. The normalized spacial score (nSPS) is 14.1. The predicted molar refractivity (Wildman–Crippen MR) is 64.0 cm³/mol. The van der Waals surface area contributed by atoms with Gasteiger partial charge >= 0.3 is 0 Å². The number of hydrogen-bond acceptors (Lipinski definition) is 3. The minimum Gasteiger partial charge on any atom is -0.380 e. The van der Waals surface area contributed by atoms with Crippen LogP contribution in [0.5, 0.6) is 0 Å². The summed E-state index contributed by atoms with van der Waals surface area (Å²) in [5, 5.41) is 12.1. The molecule has 86 valence electrons. The summed E-state index contributed by atoms with van der Waals surface area (Å²) in [5.41, 5.74) is 1.88. The molecule has 0 fully saturated rings. The van der Waals surface area contributed by atoms with E-state index in [0.717, 1.165) is 6.54 Å². The second-order valence-corrected chi connectivity index (χ2v) is 3.91. The highest BCUT2D eigenvalue weighted by Crippen LogP contribution is 2.12. The van der Waals surface area contributed by atoms with Crippen molar-refractivity contribution in [3.63, 3.8) is 0 Å². The average Bonchev–Trinajstić information content (AvgIpc) is 2.35. The number of ether oxygens (including phenoxy) is 1. The first-order valence-corrected chi connectivity index (χ1v) is 5.43.